The van der Waals surface area contributed by atoms with Crippen LogP contribution in [0.2, 0.25) is 0 Å². The summed E-state index contributed by atoms with van der Waals surface area (Å²) in [6.07, 6.45) is 4.76. The molecule has 3 fully saturated rings. The number of carbonyl (C=O) groups is 1. The van der Waals surface area contributed by atoms with Crippen LogP contribution in [0.4, 0.5) is 0 Å². The summed E-state index contributed by atoms with van der Waals surface area (Å²) in [6.45, 7) is 1.20. The van der Waals surface area contributed by atoms with Crippen LogP contribution in [-0.4, -0.2) is 72.0 Å². The Morgan fingerprint density at radius 2 is 2.04 bits per heavy atom. The van der Waals surface area contributed by atoms with Crippen molar-refractivity contribution in [3.63, 3.8) is 0 Å². The number of nitrogens with zero attached hydrogens (tertiary/aromatic N) is 4. The van der Waals surface area contributed by atoms with Gasteiger partial charge in [0.1, 0.15) is 6.10 Å². The molecule has 0 N–H and O–H groups in total. The minimum atomic E-state index is -3.64. The topological polar surface area (TPSA) is 84.7 Å². The summed E-state index contributed by atoms with van der Waals surface area (Å²) >= 11 is 0. The van der Waals surface area contributed by atoms with E-state index in [1.165, 1.54) is 16.8 Å². The molecule has 1 saturated carbocycles. The summed E-state index contributed by atoms with van der Waals surface area (Å²) in [4.78, 5) is 18.0. The molecule has 0 bridgehead atoms. The molecule has 3 heterocycles. The fraction of sp³-hybridized carbons (Fsp3) is 0.733. The molecule has 1 aromatic rings. The highest BCUT2D eigenvalue weighted by molar-refractivity contribution is 7.89. The smallest absolute Gasteiger partial charge is 0.262 e. The second-order valence-electron chi connectivity index (χ2n) is 7.08. The molecule has 0 unspecified atom stereocenters. The lowest BCUT2D eigenvalue weighted by Gasteiger charge is -2.21. The van der Waals surface area contributed by atoms with Gasteiger partial charge in [0.2, 0.25) is 0 Å². The van der Waals surface area contributed by atoms with Crippen LogP contribution >= 0.6 is 0 Å². The van der Waals surface area contributed by atoms with E-state index < -0.39 is 16.1 Å². The van der Waals surface area contributed by atoms with Crippen LogP contribution in [0.1, 0.15) is 12.8 Å². The van der Waals surface area contributed by atoms with Crippen LogP contribution in [0.3, 0.4) is 0 Å². The monoisotopic (exact) mass is 354 g/mol. The maximum absolute atomic E-state index is 12.8. The van der Waals surface area contributed by atoms with Crippen molar-refractivity contribution in [1.82, 2.24) is 18.8 Å². The van der Waals surface area contributed by atoms with Crippen molar-refractivity contribution in [2.75, 3.05) is 26.7 Å². The van der Waals surface area contributed by atoms with Gasteiger partial charge in [0.25, 0.3) is 15.9 Å². The second kappa shape index (κ2) is 5.53. The molecule has 132 valence electrons. The maximum atomic E-state index is 12.8. The molecular weight excluding hydrogens is 332 g/mol. The number of amides is 1. The molecule has 1 aromatic heterocycles. The van der Waals surface area contributed by atoms with Crippen molar-refractivity contribution in [2.45, 2.75) is 30.0 Å². The Hall–Kier alpha value is -1.45. The predicted octanol–water partition coefficient (Wildman–Crippen LogP) is -0.324. The van der Waals surface area contributed by atoms with Gasteiger partial charge in [-0.1, -0.05) is 0 Å². The van der Waals surface area contributed by atoms with E-state index in [-0.39, 0.29) is 22.9 Å². The van der Waals surface area contributed by atoms with Gasteiger partial charge in [-0.15, -0.1) is 0 Å². The molecule has 3 aliphatic rings. The first-order chi connectivity index (χ1) is 11.4. The van der Waals surface area contributed by atoms with E-state index >= 15 is 0 Å². The van der Waals surface area contributed by atoms with Gasteiger partial charge in [-0.25, -0.2) is 13.4 Å². The highest BCUT2D eigenvalue weighted by Gasteiger charge is 2.54. The number of imidazole rings is 1. The van der Waals surface area contributed by atoms with E-state index in [4.69, 9.17) is 4.74 Å². The lowest BCUT2D eigenvalue weighted by atomic mass is 10.0. The highest BCUT2D eigenvalue weighted by Crippen LogP contribution is 2.37. The molecule has 9 heteroatoms. The summed E-state index contributed by atoms with van der Waals surface area (Å²) in [6, 6.07) is -0.125. The molecule has 0 spiro atoms. The van der Waals surface area contributed by atoms with Crippen molar-refractivity contribution in [3.05, 3.63) is 12.5 Å². The molecule has 1 amide bonds. The van der Waals surface area contributed by atoms with Gasteiger partial charge >= 0.3 is 0 Å². The van der Waals surface area contributed by atoms with E-state index in [2.05, 4.69) is 4.98 Å². The molecule has 2 saturated heterocycles. The zero-order valence-corrected chi connectivity index (χ0v) is 14.6. The van der Waals surface area contributed by atoms with Gasteiger partial charge < -0.3 is 14.2 Å². The van der Waals surface area contributed by atoms with E-state index in [0.717, 1.165) is 12.8 Å². The summed E-state index contributed by atoms with van der Waals surface area (Å²) in [5.41, 5.74) is 0. The number of sulfonamides is 1. The third-order valence-corrected chi connectivity index (χ3v) is 6.99. The zero-order valence-electron chi connectivity index (χ0n) is 13.8. The zero-order chi connectivity index (χ0) is 17.1. The molecule has 4 rings (SSSR count). The van der Waals surface area contributed by atoms with Crippen LogP contribution < -0.4 is 0 Å². The van der Waals surface area contributed by atoms with E-state index in [0.29, 0.717) is 25.6 Å². The number of likely N-dealkylation sites (N-methyl/N-ethyl adjacent to an activating group) is 1. The fourth-order valence-electron chi connectivity index (χ4n) is 3.60. The third-order valence-electron chi connectivity index (χ3n) is 5.27. The largest absolute Gasteiger partial charge is 0.368 e. The minimum Gasteiger partial charge on any atom is -0.368 e. The fourth-order valence-corrected chi connectivity index (χ4v) is 5.06. The van der Waals surface area contributed by atoms with Crippen LogP contribution in [0, 0.1) is 11.8 Å². The molecule has 0 aromatic carbocycles. The molecule has 1 aliphatic carbocycles. The van der Waals surface area contributed by atoms with Crippen LogP contribution in [-0.2, 0) is 26.6 Å². The number of aryl methyl sites for hydroxylation is 1. The van der Waals surface area contributed by atoms with Crippen LogP contribution in [0.25, 0.3) is 0 Å². The molecular formula is C15H22N4O4S. The Morgan fingerprint density at radius 1 is 1.29 bits per heavy atom. The number of hydrogen-bond acceptors (Lipinski definition) is 5. The van der Waals surface area contributed by atoms with Crippen molar-refractivity contribution >= 4 is 15.9 Å². The van der Waals surface area contributed by atoms with Gasteiger partial charge in [-0.05, 0) is 18.8 Å². The van der Waals surface area contributed by atoms with Gasteiger partial charge in [0, 0.05) is 39.3 Å². The predicted molar refractivity (Wildman–Crippen MR) is 84.5 cm³/mol. The van der Waals surface area contributed by atoms with Crippen molar-refractivity contribution in [3.8, 4) is 0 Å². The highest BCUT2D eigenvalue weighted by atomic mass is 32.2. The summed E-state index contributed by atoms with van der Waals surface area (Å²) in [5, 5.41) is 0.0504. The first-order valence-electron chi connectivity index (χ1n) is 8.24. The lowest BCUT2D eigenvalue weighted by molar-refractivity contribution is -0.138. The van der Waals surface area contributed by atoms with E-state index in [9.17, 15) is 13.2 Å². The number of rotatable bonds is 5. The van der Waals surface area contributed by atoms with E-state index in [1.54, 1.807) is 23.6 Å². The second-order valence-corrected chi connectivity index (χ2v) is 8.96. The average molecular weight is 354 g/mol. The SMILES string of the molecule is CN1C(=O)[C@@H](OCC2CC2)[C@H]2CN(S(=O)(=O)c3cn(C)cn3)C[C@H]21. The summed E-state index contributed by atoms with van der Waals surface area (Å²) in [5.74, 6) is 0.428. The molecule has 2 aliphatic heterocycles. The van der Waals surface area contributed by atoms with E-state index in [1.807, 2.05) is 0 Å². The number of fused-ring (bicyclic) bond motifs is 1. The van der Waals surface area contributed by atoms with Gasteiger partial charge in [-0.3, -0.25) is 4.79 Å². The maximum Gasteiger partial charge on any atom is 0.262 e. The number of hydrogen-bond donors (Lipinski definition) is 0. The first-order valence-corrected chi connectivity index (χ1v) is 9.68. The minimum absolute atomic E-state index is 0.0273. The Labute approximate surface area is 141 Å². The van der Waals surface area contributed by atoms with Crippen molar-refractivity contribution in [2.24, 2.45) is 18.9 Å². The Balaban J connectivity index is 1.53. The summed E-state index contributed by atoms with van der Waals surface area (Å²) in [7, 11) is -0.167. The number of ether oxygens (including phenoxy) is 1. The molecule has 24 heavy (non-hydrogen) atoms. The normalized spacial score (nSPS) is 31.0. The quantitative estimate of drug-likeness (QED) is 0.723. The van der Waals surface area contributed by atoms with Gasteiger partial charge in [0.15, 0.2) is 5.03 Å². The summed E-state index contributed by atoms with van der Waals surface area (Å²) < 4.78 is 34.4. The number of aromatic nitrogens is 2. The first kappa shape index (κ1) is 16.0. The molecule has 3 atom stereocenters. The van der Waals surface area contributed by atoms with Gasteiger partial charge in [-0.2, -0.15) is 4.31 Å². The van der Waals surface area contributed by atoms with Crippen LogP contribution in [0.5, 0.6) is 0 Å². The third kappa shape index (κ3) is 2.55. The Morgan fingerprint density at radius 3 is 2.67 bits per heavy atom. The Kier molecular flexibility index (Phi) is 3.70. The van der Waals surface area contributed by atoms with Crippen LogP contribution in [0.15, 0.2) is 17.6 Å². The van der Waals surface area contributed by atoms with Crippen molar-refractivity contribution < 1.29 is 17.9 Å². The van der Waals surface area contributed by atoms with Gasteiger partial charge in [0.05, 0.1) is 19.0 Å². The average Bonchev–Trinajstić information content (AvgIpc) is 3.00. The van der Waals surface area contributed by atoms with Crippen molar-refractivity contribution in [1.29, 1.82) is 0 Å². The number of carbonyl (C=O) groups excluding carboxylic acids is 1. The Bertz CT molecular complexity index is 757. The number of likely N-dealkylation sites (tertiary alicyclic amines) is 1. The standard InChI is InChI=1S/C15H22N4O4S/c1-17-7-13(16-9-17)24(21,22)19-5-11-12(6-19)18(2)15(20)14(11)23-8-10-3-4-10/h7,9-12,14H,3-6,8H2,1-2H3/t11-,12+,14-/m0/s1. The lowest BCUT2D eigenvalue weighted by Crippen LogP contribution is -2.39. The molecule has 0 radical (unpaired) electrons. The molecule has 8 nitrogen and oxygen atoms in total.